The molecule has 1 heterocycles. The second-order valence-electron chi connectivity index (χ2n) is 4.85. The molecule has 0 saturated heterocycles. The number of aromatic nitrogens is 2. The molecule has 0 atom stereocenters. The highest BCUT2D eigenvalue weighted by Gasteiger charge is 2.13. The molecule has 2 N–H and O–H groups in total. The first-order valence-corrected chi connectivity index (χ1v) is 7.35. The summed E-state index contributed by atoms with van der Waals surface area (Å²) in [6, 6.07) is 8.42. The van der Waals surface area contributed by atoms with Gasteiger partial charge < -0.3 is 5.73 Å². The van der Waals surface area contributed by atoms with Crippen LogP contribution in [-0.4, -0.2) is 9.97 Å². The lowest BCUT2D eigenvalue weighted by Crippen LogP contribution is -2.03. The number of hydrogen-bond donors (Lipinski definition) is 1. The maximum Gasteiger partial charge on any atom is 0.131 e. The van der Waals surface area contributed by atoms with E-state index in [0.29, 0.717) is 11.7 Å². The van der Waals surface area contributed by atoms with E-state index >= 15 is 0 Å². The van der Waals surface area contributed by atoms with Crippen molar-refractivity contribution in [2.45, 2.75) is 37.5 Å². The summed E-state index contributed by atoms with van der Waals surface area (Å²) in [4.78, 5) is 8.46. The van der Waals surface area contributed by atoms with Gasteiger partial charge in [-0.15, -0.1) is 11.8 Å². The Morgan fingerprint density at radius 1 is 1.21 bits per heavy atom. The Bertz CT molecular complexity index is 567. The van der Waals surface area contributed by atoms with Gasteiger partial charge in [0.15, 0.2) is 0 Å². The monoisotopic (exact) mass is 273 g/mol. The van der Waals surface area contributed by atoms with E-state index in [1.54, 1.807) is 18.1 Å². The highest BCUT2D eigenvalue weighted by atomic mass is 32.2. The Hall–Kier alpha value is -1.55. The average molecular weight is 273 g/mol. The van der Waals surface area contributed by atoms with E-state index in [1.807, 2.05) is 0 Å². The van der Waals surface area contributed by atoms with Crippen LogP contribution in [0.15, 0.2) is 35.6 Å². The van der Waals surface area contributed by atoms with Crippen LogP contribution in [0.1, 0.15) is 36.5 Å². The standard InChI is InChI=1S/C15H19N3S/c1-10(2)13-14(16)17-9-18-15(13)19-8-12-7-5-4-6-11(12)3/h4-7,9-10H,8H2,1-3H3,(H2,16,17,18). The number of rotatable bonds is 4. The number of anilines is 1. The van der Waals surface area contributed by atoms with Gasteiger partial charge in [0.25, 0.3) is 0 Å². The molecule has 0 aliphatic heterocycles. The van der Waals surface area contributed by atoms with E-state index in [1.165, 1.54) is 11.1 Å². The number of nitrogens with two attached hydrogens (primary N) is 1. The van der Waals surface area contributed by atoms with Crippen LogP contribution in [-0.2, 0) is 5.75 Å². The summed E-state index contributed by atoms with van der Waals surface area (Å²) in [5.41, 5.74) is 9.65. The lowest BCUT2D eigenvalue weighted by atomic mass is 10.1. The van der Waals surface area contributed by atoms with Crippen molar-refractivity contribution >= 4 is 17.6 Å². The number of benzene rings is 1. The molecule has 1 aromatic carbocycles. The molecule has 0 aliphatic carbocycles. The molecule has 19 heavy (non-hydrogen) atoms. The van der Waals surface area contributed by atoms with Crippen molar-refractivity contribution in [2.75, 3.05) is 5.73 Å². The maximum absolute atomic E-state index is 5.96. The van der Waals surface area contributed by atoms with Crippen molar-refractivity contribution < 1.29 is 0 Å². The molecule has 0 unspecified atom stereocenters. The molecule has 0 amide bonds. The van der Waals surface area contributed by atoms with Gasteiger partial charge in [-0.05, 0) is 24.0 Å². The van der Waals surface area contributed by atoms with E-state index in [2.05, 4.69) is 55.0 Å². The van der Waals surface area contributed by atoms with Gasteiger partial charge in [0.2, 0.25) is 0 Å². The highest BCUT2D eigenvalue weighted by molar-refractivity contribution is 7.98. The summed E-state index contributed by atoms with van der Waals surface area (Å²) in [6.07, 6.45) is 1.54. The van der Waals surface area contributed by atoms with E-state index in [-0.39, 0.29) is 0 Å². The van der Waals surface area contributed by atoms with Gasteiger partial charge >= 0.3 is 0 Å². The molecule has 0 saturated carbocycles. The van der Waals surface area contributed by atoms with Crippen LogP contribution in [0.5, 0.6) is 0 Å². The Morgan fingerprint density at radius 3 is 2.63 bits per heavy atom. The fraction of sp³-hybridized carbons (Fsp3) is 0.333. The molecule has 0 radical (unpaired) electrons. The summed E-state index contributed by atoms with van der Waals surface area (Å²) in [6.45, 7) is 6.37. The van der Waals surface area contributed by atoms with E-state index in [4.69, 9.17) is 5.73 Å². The number of nitrogens with zero attached hydrogens (tertiary/aromatic N) is 2. The second-order valence-corrected chi connectivity index (χ2v) is 5.81. The van der Waals surface area contributed by atoms with Crippen LogP contribution in [0.3, 0.4) is 0 Å². The first-order valence-electron chi connectivity index (χ1n) is 6.37. The fourth-order valence-corrected chi connectivity index (χ4v) is 3.20. The quantitative estimate of drug-likeness (QED) is 0.680. The summed E-state index contributed by atoms with van der Waals surface area (Å²) in [7, 11) is 0. The van der Waals surface area contributed by atoms with E-state index < -0.39 is 0 Å². The molecular formula is C15H19N3S. The first-order chi connectivity index (χ1) is 9.09. The Morgan fingerprint density at radius 2 is 1.95 bits per heavy atom. The van der Waals surface area contributed by atoms with Gasteiger partial charge in [-0.3, -0.25) is 0 Å². The topological polar surface area (TPSA) is 51.8 Å². The summed E-state index contributed by atoms with van der Waals surface area (Å²) < 4.78 is 0. The van der Waals surface area contributed by atoms with Crippen molar-refractivity contribution in [2.24, 2.45) is 0 Å². The van der Waals surface area contributed by atoms with Crippen LogP contribution in [0.2, 0.25) is 0 Å². The van der Waals surface area contributed by atoms with Gasteiger partial charge in [-0.1, -0.05) is 38.1 Å². The normalized spacial score (nSPS) is 10.9. The third-order valence-corrected chi connectivity index (χ3v) is 4.14. The van der Waals surface area contributed by atoms with Crippen LogP contribution in [0.4, 0.5) is 5.82 Å². The lowest BCUT2D eigenvalue weighted by Gasteiger charge is -2.13. The van der Waals surface area contributed by atoms with Crippen molar-refractivity contribution in [3.8, 4) is 0 Å². The molecule has 2 aromatic rings. The van der Waals surface area contributed by atoms with Gasteiger partial charge in [0, 0.05) is 11.3 Å². The number of thioether (sulfide) groups is 1. The van der Waals surface area contributed by atoms with Crippen molar-refractivity contribution in [3.05, 3.63) is 47.3 Å². The van der Waals surface area contributed by atoms with Crippen LogP contribution in [0.25, 0.3) is 0 Å². The molecule has 4 heteroatoms. The highest BCUT2D eigenvalue weighted by Crippen LogP contribution is 2.32. The summed E-state index contributed by atoms with van der Waals surface area (Å²) >= 11 is 1.73. The van der Waals surface area contributed by atoms with Crippen molar-refractivity contribution in [1.82, 2.24) is 9.97 Å². The smallest absolute Gasteiger partial charge is 0.131 e. The molecule has 1 aromatic heterocycles. The minimum Gasteiger partial charge on any atom is -0.383 e. The zero-order chi connectivity index (χ0) is 13.8. The van der Waals surface area contributed by atoms with Gasteiger partial charge in [-0.2, -0.15) is 0 Å². The lowest BCUT2D eigenvalue weighted by molar-refractivity contribution is 0.808. The minimum absolute atomic E-state index is 0.334. The van der Waals surface area contributed by atoms with Gasteiger partial charge in [0.05, 0.1) is 0 Å². The third kappa shape index (κ3) is 3.26. The Kier molecular flexibility index (Phi) is 4.43. The maximum atomic E-state index is 5.96. The molecule has 0 aliphatic rings. The van der Waals surface area contributed by atoms with Gasteiger partial charge in [-0.25, -0.2) is 9.97 Å². The fourth-order valence-electron chi connectivity index (χ4n) is 1.97. The largest absolute Gasteiger partial charge is 0.383 e. The Balaban J connectivity index is 2.21. The zero-order valence-corrected chi connectivity index (χ0v) is 12.4. The second kappa shape index (κ2) is 6.06. The first kappa shape index (κ1) is 13.9. The molecular weight excluding hydrogens is 254 g/mol. The molecule has 3 nitrogen and oxygen atoms in total. The number of nitrogen functional groups attached to an aromatic ring is 1. The number of hydrogen-bond acceptors (Lipinski definition) is 4. The van der Waals surface area contributed by atoms with Crippen molar-refractivity contribution in [1.29, 1.82) is 0 Å². The van der Waals surface area contributed by atoms with Crippen LogP contribution < -0.4 is 5.73 Å². The summed E-state index contributed by atoms with van der Waals surface area (Å²) in [5, 5.41) is 0.991. The number of aryl methyl sites for hydroxylation is 1. The predicted molar refractivity (Wildman–Crippen MR) is 81.3 cm³/mol. The van der Waals surface area contributed by atoms with Gasteiger partial charge in [0.1, 0.15) is 17.2 Å². The summed E-state index contributed by atoms with van der Waals surface area (Å²) in [5.74, 6) is 1.83. The molecule has 0 fully saturated rings. The average Bonchev–Trinajstić information content (AvgIpc) is 2.37. The molecule has 100 valence electrons. The van der Waals surface area contributed by atoms with E-state index in [9.17, 15) is 0 Å². The SMILES string of the molecule is Cc1ccccc1CSc1ncnc(N)c1C(C)C. The predicted octanol–water partition coefficient (Wildman–Crippen LogP) is 3.78. The van der Waals surface area contributed by atoms with Crippen LogP contribution in [0, 0.1) is 6.92 Å². The molecule has 2 rings (SSSR count). The Labute approximate surface area is 118 Å². The minimum atomic E-state index is 0.334. The molecule has 0 spiro atoms. The van der Waals surface area contributed by atoms with E-state index in [0.717, 1.165) is 16.3 Å². The zero-order valence-electron chi connectivity index (χ0n) is 11.6. The van der Waals surface area contributed by atoms with Crippen molar-refractivity contribution in [3.63, 3.8) is 0 Å². The van der Waals surface area contributed by atoms with Crippen LogP contribution >= 0.6 is 11.8 Å². The third-order valence-electron chi connectivity index (χ3n) is 3.08. The molecule has 0 bridgehead atoms.